The number of piperidine rings is 1. The zero-order chi connectivity index (χ0) is 14.8. The number of hydrogen-bond acceptors (Lipinski definition) is 4. The van der Waals surface area contributed by atoms with Gasteiger partial charge < -0.3 is 15.5 Å². The third-order valence-electron chi connectivity index (χ3n) is 4.71. The summed E-state index contributed by atoms with van der Waals surface area (Å²) in [6.45, 7) is 4.27. The van der Waals surface area contributed by atoms with Gasteiger partial charge in [0, 0.05) is 37.6 Å². The lowest BCUT2D eigenvalue weighted by molar-refractivity contribution is 0.0896. The summed E-state index contributed by atoms with van der Waals surface area (Å²) in [5.74, 6) is -0.0108. The van der Waals surface area contributed by atoms with Crippen molar-refractivity contribution in [3.05, 3.63) is 23.5 Å². The molecule has 2 atom stereocenters. The molecule has 3 heterocycles. The van der Waals surface area contributed by atoms with Crippen LogP contribution in [-0.4, -0.2) is 48.0 Å². The number of aromatic nitrogens is 1. The minimum absolute atomic E-state index is 0.0108. The van der Waals surface area contributed by atoms with Gasteiger partial charge in [-0.15, -0.1) is 0 Å². The van der Waals surface area contributed by atoms with Crippen LogP contribution in [-0.2, 0) is 0 Å². The number of aryl methyl sites for hydroxylation is 1. The van der Waals surface area contributed by atoms with Gasteiger partial charge in [0.25, 0.3) is 5.91 Å². The van der Waals surface area contributed by atoms with Crippen molar-refractivity contribution in [2.75, 3.05) is 25.5 Å². The molecule has 1 aromatic heterocycles. The Balaban J connectivity index is 1.66. The first kappa shape index (κ1) is 14.3. The number of nitrogens with zero attached hydrogens (tertiary/aromatic N) is 2. The number of carbonyl (C=O) groups excluding carboxylic acids is 1. The molecule has 0 bridgehead atoms. The molecule has 2 N–H and O–H groups in total. The molecule has 0 aromatic carbocycles. The van der Waals surface area contributed by atoms with Crippen LogP contribution in [0.4, 0.5) is 5.69 Å². The fourth-order valence-electron chi connectivity index (χ4n) is 3.57. The van der Waals surface area contributed by atoms with E-state index in [2.05, 4.69) is 20.5 Å². The molecule has 2 fully saturated rings. The van der Waals surface area contributed by atoms with E-state index in [1.807, 2.05) is 20.0 Å². The van der Waals surface area contributed by atoms with Crippen molar-refractivity contribution in [2.24, 2.45) is 0 Å². The number of fused-ring (bicyclic) bond motifs is 1. The number of anilines is 1. The van der Waals surface area contributed by atoms with Crippen molar-refractivity contribution in [2.45, 2.75) is 44.7 Å². The van der Waals surface area contributed by atoms with Crippen LogP contribution in [0.2, 0.25) is 0 Å². The molecule has 0 saturated carbocycles. The van der Waals surface area contributed by atoms with Gasteiger partial charge in [-0.3, -0.25) is 9.78 Å². The number of pyridine rings is 1. The molecule has 0 aliphatic carbocycles. The Morgan fingerprint density at radius 2 is 2.24 bits per heavy atom. The van der Waals surface area contributed by atoms with Crippen LogP contribution in [0.5, 0.6) is 0 Å². The molecule has 1 aromatic rings. The van der Waals surface area contributed by atoms with E-state index in [9.17, 15) is 4.79 Å². The Kier molecular flexibility index (Phi) is 4.10. The maximum atomic E-state index is 12.5. The lowest BCUT2D eigenvalue weighted by Crippen LogP contribution is -2.47. The Hall–Kier alpha value is -1.62. The minimum Gasteiger partial charge on any atom is -0.387 e. The topological polar surface area (TPSA) is 57.3 Å². The van der Waals surface area contributed by atoms with Crippen molar-refractivity contribution in [1.82, 2.24) is 15.2 Å². The zero-order valence-electron chi connectivity index (χ0n) is 12.9. The summed E-state index contributed by atoms with van der Waals surface area (Å²) >= 11 is 0. The maximum Gasteiger partial charge on any atom is 0.255 e. The van der Waals surface area contributed by atoms with Crippen LogP contribution in [0, 0.1) is 6.92 Å². The molecule has 5 nitrogen and oxygen atoms in total. The fourth-order valence-corrected chi connectivity index (χ4v) is 3.57. The second-order valence-electron chi connectivity index (χ2n) is 6.15. The second kappa shape index (κ2) is 6.02. The van der Waals surface area contributed by atoms with Crippen molar-refractivity contribution in [1.29, 1.82) is 0 Å². The number of carbonyl (C=O) groups is 1. The largest absolute Gasteiger partial charge is 0.387 e. The molecule has 2 saturated heterocycles. The lowest BCUT2D eigenvalue weighted by atomic mass is 9.97. The summed E-state index contributed by atoms with van der Waals surface area (Å²) in [7, 11) is 1.84. The highest BCUT2D eigenvalue weighted by Crippen LogP contribution is 2.27. The highest BCUT2D eigenvalue weighted by atomic mass is 16.1. The molecular formula is C16H24N4O. The van der Waals surface area contributed by atoms with Crippen molar-refractivity contribution in [3.63, 3.8) is 0 Å². The highest BCUT2D eigenvalue weighted by Gasteiger charge is 2.32. The van der Waals surface area contributed by atoms with Crippen molar-refractivity contribution in [3.8, 4) is 0 Å². The predicted octanol–water partition coefficient (Wildman–Crippen LogP) is 1.79. The van der Waals surface area contributed by atoms with E-state index in [1.165, 1.54) is 19.4 Å². The number of hydrogen-bond donors (Lipinski definition) is 2. The van der Waals surface area contributed by atoms with Crippen LogP contribution < -0.4 is 10.6 Å². The van der Waals surface area contributed by atoms with Crippen molar-refractivity contribution < 1.29 is 4.79 Å². The van der Waals surface area contributed by atoms with Gasteiger partial charge in [0.05, 0.1) is 11.3 Å². The van der Waals surface area contributed by atoms with Crippen LogP contribution >= 0.6 is 0 Å². The molecule has 2 aliphatic rings. The second-order valence-corrected chi connectivity index (χ2v) is 6.15. The van der Waals surface area contributed by atoms with Crippen LogP contribution in [0.1, 0.15) is 41.7 Å². The first-order valence-electron chi connectivity index (χ1n) is 7.86. The van der Waals surface area contributed by atoms with Gasteiger partial charge in [0.2, 0.25) is 0 Å². The fraction of sp³-hybridized carbons (Fsp3) is 0.625. The number of amides is 1. The molecular weight excluding hydrogens is 264 g/mol. The Morgan fingerprint density at radius 3 is 3.05 bits per heavy atom. The molecule has 0 spiro atoms. The van der Waals surface area contributed by atoms with Gasteiger partial charge in [0.15, 0.2) is 0 Å². The summed E-state index contributed by atoms with van der Waals surface area (Å²) in [5.41, 5.74) is 2.39. The smallest absolute Gasteiger partial charge is 0.255 e. The first-order chi connectivity index (χ1) is 10.2. The van der Waals surface area contributed by atoms with Gasteiger partial charge in [-0.25, -0.2) is 0 Å². The van der Waals surface area contributed by atoms with Gasteiger partial charge in [-0.1, -0.05) is 0 Å². The quantitative estimate of drug-likeness (QED) is 0.890. The lowest BCUT2D eigenvalue weighted by Gasteiger charge is -2.35. The van der Waals surface area contributed by atoms with E-state index < -0.39 is 0 Å². The maximum absolute atomic E-state index is 12.5. The summed E-state index contributed by atoms with van der Waals surface area (Å²) in [4.78, 5) is 19.3. The average molecular weight is 288 g/mol. The summed E-state index contributed by atoms with van der Waals surface area (Å²) < 4.78 is 0. The molecule has 1 amide bonds. The van der Waals surface area contributed by atoms with Crippen molar-refractivity contribution >= 4 is 11.6 Å². The highest BCUT2D eigenvalue weighted by molar-refractivity contribution is 5.99. The zero-order valence-corrected chi connectivity index (χ0v) is 12.9. The molecule has 2 aliphatic heterocycles. The summed E-state index contributed by atoms with van der Waals surface area (Å²) in [5, 5.41) is 6.28. The van der Waals surface area contributed by atoms with E-state index in [0.29, 0.717) is 17.6 Å². The monoisotopic (exact) mass is 288 g/mol. The van der Waals surface area contributed by atoms with Gasteiger partial charge in [-0.05, 0) is 45.2 Å². The Labute approximate surface area is 126 Å². The standard InChI is InChI=1S/C16H24N4O/c1-11-8-15(17-2)14(10-18-11)16(21)19-12-5-7-20-6-3-4-13(20)9-12/h8,10,12-13H,3-7,9H2,1-2H3,(H,17,18)(H,19,21). The van der Waals surface area contributed by atoms with Gasteiger partial charge in [0.1, 0.15) is 0 Å². The molecule has 2 unspecified atom stereocenters. The van der Waals surface area contributed by atoms with Crippen LogP contribution in [0.25, 0.3) is 0 Å². The van der Waals surface area contributed by atoms with E-state index >= 15 is 0 Å². The first-order valence-corrected chi connectivity index (χ1v) is 7.86. The third-order valence-corrected chi connectivity index (χ3v) is 4.71. The van der Waals surface area contributed by atoms with E-state index in [0.717, 1.165) is 30.8 Å². The third kappa shape index (κ3) is 3.02. The summed E-state index contributed by atoms with van der Waals surface area (Å²) in [6.07, 6.45) is 6.38. The Morgan fingerprint density at radius 1 is 1.38 bits per heavy atom. The minimum atomic E-state index is -0.0108. The van der Waals surface area contributed by atoms with E-state index in [1.54, 1.807) is 6.20 Å². The molecule has 114 valence electrons. The van der Waals surface area contributed by atoms with Gasteiger partial charge >= 0.3 is 0 Å². The number of rotatable bonds is 3. The molecule has 5 heteroatoms. The normalized spacial score (nSPS) is 25.4. The molecule has 0 radical (unpaired) electrons. The molecule has 21 heavy (non-hydrogen) atoms. The number of nitrogens with one attached hydrogen (secondary N) is 2. The summed E-state index contributed by atoms with van der Waals surface area (Å²) in [6, 6.07) is 2.88. The molecule has 3 rings (SSSR count). The van der Waals surface area contributed by atoms with Crippen LogP contribution in [0.3, 0.4) is 0 Å². The van der Waals surface area contributed by atoms with E-state index in [4.69, 9.17) is 0 Å². The average Bonchev–Trinajstić information content (AvgIpc) is 2.94. The van der Waals surface area contributed by atoms with Crippen LogP contribution in [0.15, 0.2) is 12.3 Å². The SMILES string of the molecule is CNc1cc(C)ncc1C(=O)NC1CCN2CCCC2C1. The predicted molar refractivity (Wildman–Crippen MR) is 83.6 cm³/mol. The Bertz CT molecular complexity index is 531. The van der Waals surface area contributed by atoms with Gasteiger partial charge in [-0.2, -0.15) is 0 Å². The van der Waals surface area contributed by atoms with E-state index in [-0.39, 0.29) is 5.91 Å².